The molecule has 1 saturated heterocycles. The van der Waals surface area contributed by atoms with Gasteiger partial charge in [0, 0.05) is 18.2 Å². The average Bonchev–Trinajstić information content (AvgIpc) is 2.94. The summed E-state index contributed by atoms with van der Waals surface area (Å²) in [5.74, 6) is 0. The van der Waals surface area contributed by atoms with Crippen molar-refractivity contribution in [1.82, 2.24) is 10.3 Å². The molecule has 0 amide bonds. The number of fused-ring (bicyclic) bond motifs is 1. The predicted molar refractivity (Wildman–Crippen MR) is 86.6 cm³/mol. The molecule has 7 heteroatoms. The third-order valence-corrected chi connectivity index (χ3v) is 4.85. The number of non-ortho nitro benzene ring substituents is 1. The van der Waals surface area contributed by atoms with E-state index < -0.39 is 4.92 Å². The summed E-state index contributed by atoms with van der Waals surface area (Å²) in [6, 6.07) is 5.34. The van der Waals surface area contributed by atoms with E-state index in [0.717, 1.165) is 24.1 Å². The maximum atomic E-state index is 10.8. The van der Waals surface area contributed by atoms with Crippen LogP contribution >= 0.6 is 11.3 Å². The van der Waals surface area contributed by atoms with E-state index >= 15 is 0 Å². The summed E-state index contributed by atoms with van der Waals surface area (Å²) < 4.78 is 6.60. The molecule has 1 aromatic heterocycles. The molecule has 1 aromatic carbocycles. The van der Waals surface area contributed by atoms with Gasteiger partial charge in [0.05, 0.1) is 21.7 Å². The van der Waals surface area contributed by atoms with Gasteiger partial charge in [0.1, 0.15) is 0 Å². The second-order valence-corrected chi connectivity index (χ2v) is 6.52. The fourth-order valence-corrected chi connectivity index (χ4v) is 3.55. The van der Waals surface area contributed by atoms with Crippen LogP contribution in [-0.2, 0) is 0 Å². The van der Waals surface area contributed by atoms with Crippen molar-refractivity contribution in [3.05, 3.63) is 28.3 Å². The Balaban J connectivity index is 1.52. The lowest BCUT2D eigenvalue weighted by Crippen LogP contribution is -2.34. The highest BCUT2D eigenvalue weighted by Gasteiger charge is 2.13. The van der Waals surface area contributed by atoms with E-state index in [9.17, 15) is 10.1 Å². The van der Waals surface area contributed by atoms with E-state index in [1.165, 1.54) is 42.7 Å². The zero-order chi connectivity index (χ0) is 15.4. The van der Waals surface area contributed by atoms with E-state index in [1.807, 2.05) is 0 Å². The van der Waals surface area contributed by atoms with E-state index in [1.54, 1.807) is 6.07 Å². The molecule has 0 bridgehead atoms. The highest BCUT2D eigenvalue weighted by atomic mass is 32.1. The lowest BCUT2D eigenvalue weighted by Gasteiger charge is -2.23. The molecule has 0 aliphatic carbocycles. The summed E-state index contributed by atoms with van der Waals surface area (Å²) >= 11 is 1.43. The molecule has 22 heavy (non-hydrogen) atoms. The molecule has 1 aliphatic heterocycles. The van der Waals surface area contributed by atoms with Crippen LogP contribution in [0.3, 0.4) is 0 Å². The van der Waals surface area contributed by atoms with Gasteiger partial charge < -0.3 is 10.1 Å². The molecule has 1 unspecified atom stereocenters. The summed E-state index contributed by atoms with van der Waals surface area (Å²) in [4.78, 5) is 14.7. The van der Waals surface area contributed by atoms with Crippen LogP contribution in [0.25, 0.3) is 10.2 Å². The van der Waals surface area contributed by atoms with Crippen LogP contribution in [0.4, 0.5) is 5.69 Å². The molecule has 118 valence electrons. The number of piperidine rings is 1. The first kappa shape index (κ1) is 15.2. The van der Waals surface area contributed by atoms with Crippen molar-refractivity contribution in [2.75, 3.05) is 13.2 Å². The second kappa shape index (κ2) is 7.02. The van der Waals surface area contributed by atoms with Crippen molar-refractivity contribution in [2.24, 2.45) is 0 Å². The van der Waals surface area contributed by atoms with Gasteiger partial charge in [-0.15, -0.1) is 0 Å². The molecule has 0 spiro atoms. The van der Waals surface area contributed by atoms with Gasteiger partial charge in [0.25, 0.3) is 10.9 Å². The first-order valence-electron chi connectivity index (χ1n) is 7.63. The van der Waals surface area contributed by atoms with E-state index in [4.69, 9.17) is 4.74 Å². The van der Waals surface area contributed by atoms with E-state index in [0.29, 0.717) is 23.4 Å². The lowest BCUT2D eigenvalue weighted by molar-refractivity contribution is -0.384. The molecule has 1 atom stereocenters. The van der Waals surface area contributed by atoms with Gasteiger partial charge >= 0.3 is 0 Å². The van der Waals surface area contributed by atoms with Crippen molar-refractivity contribution >= 4 is 27.2 Å². The molecule has 6 nitrogen and oxygen atoms in total. The van der Waals surface area contributed by atoms with Crippen molar-refractivity contribution in [3.63, 3.8) is 0 Å². The van der Waals surface area contributed by atoms with Crippen molar-refractivity contribution in [2.45, 2.75) is 38.1 Å². The number of aromatic nitrogens is 1. The number of benzene rings is 1. The third kappa shape index (κ3) is 3.72. The van der Waals surface area contributed by atoms with Gasteiger partial charge in [-0.3, -0.25) is 10.1 Å². The number of hydrogen-bond acceptors (Lipinski definition) is 6. The maximum absolute atomic E-state index is 10.8. The molecular weight excluding hydrogens is 302 g/mol. The monoisotopic (exact) mass is 321 g/mol. The Bertz CT molecular complexity index is 653. The minimum atomic E-state index is -0.406. The minimum Gasteiger partial charge on any atom is -0.470 e. The fourth-order valence-electron chi connectivity index (χ4n) is 2.73. The summed E-state index contributed by atoms with van der Waals surface area (Å²) in [5.41, 5.74) is 0.691. The molecule has 3 rings (SSSR count). The Morgan fingerprint density at radius 3 is 3.14 bits per heavy atom. The zero-order valence-electron chi connectivity index (χ0n) is 12.3. The largest absolute Gasteiger partial charge is 0.470 e. The first-order valence-corrected chi connectivity index (χ1v) is 8.45. The fraction of sp³-hybridized carbons (Fsp3) is 0.533. The van der Waals surface area contributed by atoms with Crippen LogP contribution in [0.1, 0.15) is 32.1 Å². The number of nitro groups is 1. The average molecular weight is 321 g/mol. The van der Waals surface area contributed by atoms with E-state index in [2.05, 4.69) is 10.3 Å². The lowest BCUT2D eigenvalue weighted by atomic mass is 10.0. The molecule has 1 N–H and O–H groups in total. The highest BCUT2D eigenvalue weighted by molar-refractivity contribution is 7.20. The van der Waals surface area contributed by atoms with Crippen molar-refractivity contribution < 1.29 is 9.66 Å². The number of ether oxygens (including phenoxy) is 1. The van der Waals surface area contributed by atoms with Crippen molar-refractivity contribution in [3.8, 4) is 5.19 Å². The first-order chi connectivity index (χ1) is 10.7. The molecular formula is C15H19N3O3S. The predicted octanol–water partition coefficient (Wildman–Crippen LogP) is 3.51. The molecule has 1 aliphatic rings. The Morgan fingerprint density at radius 1 is 1.45 bits per heavy atom. The highest BCUT2D eigenvalue weighted by Crippen LogP contribution is 2.30. The number of rotatable bonds is 6. The normalized spacial score (nSPS) is 18.5. The Kier molecular flexibility index (Phi) is 4.84. The van der Waals surface area contributed by atoms with Gasteiger partial charge in [-0.25, -0.2) is 4.98 Å². The van der Waals surface area contributed by atoms with Crippen molar-refractivity contribution in [1.29, 1.82) is 0 Å². The van der Waals surface area contributed by atoms with Crippen LogP contribution in [0, 0.1) is 10.1 Å². The van der Waals surface area contributed by atoms with Gasteiger partial charge in [-0.05, 0) is 38.3 Å². The van der Waals surface area contributed by atoms with Crippen LogP contribution in [0.5, 0.6) is 5.19 Å². The smallest absolute Gasteiger partial charge is 0.274 e. The Hall–Kier alpha value is -1.73. The number of nitrogens with zero attached hydrogens (tertiary/aromatic N) is 2. The number of nitro benzene ring substituents is 1. The molecule has 0 radical (unpaired) electrons. The summed E-state index contributed by atoms with van der Waals surface area (Å²) in [7, 11) is 0. The van der Waals surface area contributed by atoms with Crippen LogP contribution < -0.4 is 10.1 Å². The Morgan fingerprint density at radius 2 is 2.36 bits per heavy atom. The van der Waals surface area contributed by atoms with Crippen LogP contribution in [0.2, 0.25) is 0 Å². The summed E-state index contributed by atoms with van der Waals surface area (Å²) in [6.45, 7) is 1.77. The SMILES string of the molecule is O=[N+]([O-])c1ccc2sc(OCCCC3CCCCN3)nc2c1. The Labute approximate surface area is 132 Å². The van der Waals surface area contributed by atoms with Gasteiger partial charge in [-0.2, -0.15) is 0 Å². The topological polar surface area (TPSA) is 77.3 Å². The maximum Gasteiger partial charge on any atom is 0.274 e. The molecule has 1 fully saturated rings. The standard InChI is InChI=1S/C15H19N3O3S/c19-18(20)12-6-7-14-13(10-12)17-15(22-14)21-9-3-5-11-4-1-2-8-16-11/h6-7,10-11,16H,1-5,8-9H2. The minimum absolute atomic E-state index is 0.0627. The number of nitrogens with one attached hydrogen (secondary N) is 1. The van der Waals surface area contributed by atoms with Crippen LogP contribution in [-0.4, -0.2) is 29.1 Å². The molecule has 2 aromatic rings. The van der Waals surface area contributed by atoms with Gasteiger partial charge in [0.2, 0.25) is 0 Å². The van der Waals surface area contributed by atoms with Crippen LogP contribution in [0.15, 0.2) is 18.2 Å². The quantitative estimate of drug-likeness (QED) is 0.500. The number of thiazole rings is 1. The zero-order valence-corrected chi connectivity index (χ0v) is 13.1. The summed E-state index contributed by atoms with van der Waals surface area (Å²) in [6.07, 6.45) is 5.97. The third-order valence-electron chi connectivity index (χ3n) is 3.90. The molecule has 0 saturated carbocycles. The van der Waals surface area contributed by atoms with E-state index in [-0.39, 0.29) is 5.69 Å². The van der Waals surface area contributed by atoms with Gasteiger partial charge in [0.15, 0.2) is 0 Å². The molecule has 2 heterocycles. The number of hydrogen-bond donors (Lipinski definition) is 1. The second-order valence-electron chi connectivity index (χ2n) is 5.53. The van der Waals surface area contributed by atoms with Gasteiger partial charge in [-0.1, -0.05) is 17.8 Å². The summed E-state index contributed by atoms with van der Waals surface area (Å²) in [5, 5.41) is 14.9.